The van der Waals surface area contributed by atoms with E-state index in [4.69, 9.17) is 11.5 Å². The molecule has 6 aromatic rings. The van der Waals surface area contributed by atoms with Gasteiger partial charge in [0, 0.05) is 33.6 Å². The quantitative estimate of drug-likeness (QED) is 0.187. The third-order valence-electron chi connectivity index (χ3n) is 9.89. The number of hydrogen-bond donors (Lipinski definition) is 2. The lowest BCUT2D eigenvalue weighted by Crippen LogP contribution is -2.02. The van der Waals surface area contributed by atoms with Gasteiger partial charge in [0.2, 0.25) is 0 Å². The van der Waals surface area contributed by atoms with Crippen molar-refractivity contribution in [2.45, 2.75) is 69.2 Å². The second-order valence-corrected chi connectivity index (χ2v) is 14.1. The number of aryl methyl sites for hydroxylation is 10. The maximum atomic E-state index is 7.21. The molecule has 0 saturated heterocycles. The summed E-state index contributed by atoms with van der Waals surface area (Å²) in [5.41, 5.74) is 39.7. The molecule has 6 aromatic carbocycles. The maximum Gasteiger partial charge on any atom is 0.0473 e. The average molecular weight is 629 g/mol. The third-order valence-corrected chi connectivity index (χ3v) is 9.89. The number of rotatable bonds is 5. The first-order chi connectivity index (χ1) is 22.8. The molecule has 0 unspecified atom stereocenters. The van der Waals surface area contributed by atoms with Gasteiger partial charge in [-0.2, -0.15) is 0 Å². The Labute approximate surface area is 287 Å². The van der Waals surface area contributed by atoms with Gasteiger partial charge in [-0.3, -0.25) is 0 Å². The van der Waals surface area contributed by atoms with Gasteiger partial charge < -0.3 is 11.5 Å². The molecular formula is C46H48N2. The zero-order valence-electron chi connectivity index (χ0n) is 30.2. The molecule has 4 N–H and O–H groups in total. The van der Waals surface area contributed by atoms with Gasteiger partial charge in [0.15, 0.2) is 0 Å². The highest BCUT2D eigenvalue weighted by molar-refractivity contribution is 6.02. The van der Waals surface area contributed by atoms with E-state index in [2.05, 4.69) is 154 Å². The smallest absolute Gasteiger partial charge is 0.0473 e. The standard InChI is InChI=1S/C46H48N2/c1-25-17-29(5)41(30(6)18-25)35-13-11-15-37(45(35)47)43-33(9)21-27(3)23-39(43)40-24-28(4)22-34(10)44(40)38-16-12-14-36(46(38)48)42-31(7)19-26(2)20-32(42)8/h11-24H,47-48H2,1-10H3. The molecule has 0 amide bonds. The van der Waals surface area contributed by atoms with Crippen molar-refractivity contribution >= 4 is 11.4 Å². The van der Waals surface area contributed by atoms with Crippen molar-refractivity contribution in [1.82, 2.24) is 0 Å². The van der Waals surface area contributed by atoms with Crippen LogP contribution in [0.1, 0.15) is 55.6 Å². The molecule has 2 nitrogen and oxygen atoms in total. The third kappa shape index (κ3) is 5.70. The van der Waals surface area contributed by atoms with E-state index in [0.29, 0.717) is 0 Å². The van der Waals surface area contributed by atoms with Crippen LogP contribution < -0.4 is 11.5 Å². The minimum absolute atomic E-state index is 0.804. The molecule has 0 aliphatic heterocycles. The molecule has 0 aromatic heterocycles. The van der Waals surface area contributed by atoms with Gasteiger partial charge in [-0.15, -0.1) is 0 Å². The predicted molar refractivity (Wildman–Crippen MR) is 210 cm³/mol. The zero-order valence-corrected chi connectivity index (χ0v) is 30.2. The molecule has 6 rings (SSSR count). The highest BCUT2D eigenvalue weighted by Gasteiger charge is 2.23. The summed E-state index contributed by atoms with van der Waals surface area (Å²) in [6.45, 7) is 21.8. The van der Waals surface area contributed by atoms with Gasteiger partial charge in [-0.05, 0) is 136 Å². The van der Waals surface area contributed by atoms with Gasteiger partial charge in [-0.1, -0.05) is 107 Å². The fourth-order valence-electron chi connectivity index (χ4n) is 8.29. The fourth-order valence-corrected chi connectivity index (χ4v) is 8.29. The van der Waals surface area contributed by atoms with Crippen LogP contribution in [0.3, 0.4) is 0 Å². The summed E-state index contributed by atoms with van der Waals surface area (Å²) in [5, 5.41) is 0. The molecule has 0 atom stereocenters. The molecule has 0 fully saturated rings. The highest BCUT2D eigenvalue weighted by Crippen LogP contribution is 2.48. The molecule has 2 heteroatoms. The Morgan fingerprint density at radius 1 is 0.292 bits per heavy atom. The van der Waals surface area contributed by atoms with E-state index in [-0.39, 0.29) is 0 Å². The minimum atomic E-state index is 0.804. The van der Waals surface area contributed by atoms with Crippen molar-refractivity contribution in [3.63, 3.8) is 0 Å². The van der Waals surface area contributed by atoms with Crippen LogP contribution in [-0.2, 0) is 0 Å². The van der Waals surface area contributed by atoms with Crippen LogP contribution in [-0.4, -0.2) is 0 Å². The Morgan fingerprint density at radius 2 is 0.521 bits per heavy atom. The number of hydrogen-bond acceptors (Lipinski definition) is 2. The topological polar surface area (TPSA) is 52.0 Å². The van der Waals surface area contributed by atoms with Crippen molar-refractivity contribution in [2.24, 2.45) is 0 Å². The Balaban J connectivity index is 1.64. The molecule has 0 heterocycles. The number of anilines is 2. The van der Waals surface area contributed by atoms with Crippen molar-refractivity contribution < 1.29 is 0 Å². The van der Waals surface area contributed by atoms with E-state index in [9.17, 15) is 0 Å². The lowest BCUT2D eigenvalue weighted by Gasteiger charge is -2.24. The van der Waals surface area contributed by atoms with Crippen molar-refractivity contribution in [1.29, 1.82) is 0 Å². The van der Waals surface area contributed by atoms with Gasteiger partial charge in [0.25, 0.3) is 0 Å². The SMILES string of the molecule is Cc1cc(C)c(-c2cccc(-c3c(C)cc(C)cc3-c3cc(C)cc(C)c3-c3cccc(-c4c(C)cc(C)cc4C)c3N)c2N)c(C)c1. The summed E-state index contributed by atoms with van der Waals surface area (Å²) in [7, 11) is 0. The summed E-state index contributed by atoms with van der Waals surface area (Å²) in [6.07, 6.45) is 0. The molecule has 48 heavy (non-hydrogen) atoms. The first-order valence-electron chi connectivity index (χ1n) is 16.9. The van der Waals surface area contributed by atoms with Gasteiger partial charge >= 0.3 is 0 Å². The number of benzene rings is 6. The Hall–Kier alpha value is -5.08. The number of para-hydroxylation sites is 2. The molecule has 242 valence electrons. The van der Waals surface area contributed by atoms with E-state index in [0.717, 1.165) is 44.8 Å². The number of nitrogen functional groups attached to an aromatic ring is 2. The van der Waals surface area contributed by atoms with E-state index in [1.165, 1.54) is 77.9 Å². The summed E-state index contributed by atoms with van der Waals surface area (Å²) in [5.74, 6) is 0. The molecule has 0 radical (unpaired) electrons. The Morgan fingerprint density at radius 3 is 0.812 bits per heavy atom. The van der Waals surface area contributed by atoms with Gasteiger partial charge in [0.05, 0.1) is 0 Å². The van der Waals surface area contributed by atoms with E-state index < -0.39 is 0 Å². The van der Waals surface area contributed by atoms with E-state index in [1.807, 2.05) is 0 Å². The first kappa shape index (κ1) is 32.8. The summed E-state index contributed by atoms with van der Waals surface area (Å²) < 4.78 is 0. The van der Waals surface area contributed by atoms with Crippen LogP contribution in [0.4, 0.5) is 11.4 Å². The lowest BCUT2D eigenvalue weighted by atomic mass is 9.81. The van der Waals surface area contributed by atoms with Crippen molar-refractivity contribution in [3.8, 4) is 55.6 Å². The highest BCUT2D eigenvalue weighted by atomic mass is 14.6. The molecule has 0 bridgehead atoms. The van der Waals surface area contributed by atoms with E-state index in [1.54, 1.807) is 0 Å². The summed E-state index contributed by atoms with van der Waals surface area (Å²) in [4.78, 5) is 0. The van der Waals surface area contributed by atoms with Crippen LogP contribution >= 0.6 is 0 Å². The van der Waals surface area contributed by atoms with Crippen molar-refractivity contribution in [2.75, 3.05) is 11.5 Å². The van der Waals surface area contributed by atoms with Crippen LogP contribution in [0, 0.1) is 69.2 Å². The van der Waals surface area contributed by atoms with Crippen LogP contribution in [0.15, 0.2) is 84.9 Å². The Bertz CT molecular complexity index is 2040. The lowest BCUT2D eigenvalue weighted by molar-refractivity contribution is 1.32. The summed E-state index contributed by atoms with van der Waals surface area (Å²) >= 11 is 0. The molecule has 0 spiro atoms. The maximum absolute atomic E-state index is 7.21. The second kappa shape index (κ2) is 12.5. The monoisotopic (exact) mass is 628 g/mol. The van der Waals surface area contributed by atoms with Crippen LogP contribution in [0.5, 0.6) is 0 Å². The Kier molecular flexibility index (Phi) is 8.56. The largest absolute Gasteiger partial charge is 0.398 e. The van der Waals surface area contributed by atoms with Gasteiger partial charge in [-0.25, -0.2) is 0 Å². The average Bonchev–Trinajstić information content (AvgIpc) is 2.98. The fraction of sp³-hybridized carbons (Fsp3) is 0.217. The first-order valence-corrected chi connectivity index (χ1v) is 16.9. The predicted octanol–water partition coefficient (Wildman–Crippen LogP) is 12.3. The molecular weight excluding hydrogens is 581 g/mol. The molecule has 0 aliphatic rings. The second-order valence-electron chi connectivity index (χ2n) is 14.1. The zero-order chi connectivity index (χ0) is 34.6. The van der Waals surface area contributed by atoms with Crippen molar-refractivity contribution in [3.05, 3.63) is 141 Å². The van der Waals surface area contributed by atoms with Crippen LogP contribution in [0.2, 0.25) is 0 Å². The number of nitrogens with two attached hydrogens (primary N) is 2. The minimum Gasteiger partial charge on any atom is -0.398 e. The summed E-state index contributed by atoms with van der Waals surface area (Å²) in [6, 6.07) is 31.2. The molecule has 0 aliphatic carbocycles. The van der Waals surface area contributed by atoms with Crippen LogP contribution in [0.25, 0.3) is 55.6 Å². The molecule has 0 saturated carbocycles. The van der Waals surface area contributed by atoms with E-state index >= 15 is 0 Å². The van der Waals surface area contributed by atoms with Gasteiger partial charge in [0.1, 0.15) is 0 Å². The normalized spacial score (nSPS) is 11.3.